The van der Waals surface area contributed by atoms with Crippen LogP contribution in [0.15, 0.2) is 75.9 Å². The van der Waals surface area contributed by atoms with Gasteiger partial charge < -0.3 is 15.1 Å². The Kier molecular flexibility index (Phi) is 5.59. The quantitative estimate of drug-likeness (QED) is 0.421. The first kappa shape index (κ1) is 19.2. The third kappa shape index (κ3) is 4.64. The van der Waals surface area contributed by atoms with Crippen LogP contribution in [0.3, 0.4) is 0 Å². The molecule has 9 heteroatoms. The third-order valence-corrected chi connectivity index (χ3v) is 5.54. The molecule has 0 aliphatic heterocycles. The molecular formula is C20H15BrN4O3S. The van der Waals surface area contributed by atoms with Crippen LogP contribution in [0.4, 0.5) is 10.8 Å². The van der Waals surface area contributed by atoms with Crippen LogP contribution in [0.2, 0.25) is 0 Å². The summed E-state index contributed by atoms with van der Waals surface area (Å²) in [6, 6.07) is 16.2. The Balaban J connectivity index is 1.41. The predicted octanol–water partition coefficient (Wildman–Crippen LogP) is 4.85. The number of halogens is 1. The number of aromatic nitrogens is 2. The van der Waals surface area contributed by atoms with Gasteiger partial charge in [-0.3, -0.25) is 9.59 Å². The highest BCUT2D eigenvalue weighted by Gasteiger charge is 2.15. The van der Waals surface area contributed by atoms with Gasteiger partial charge in [-0.2, -0.15) is 5.10 Å². The number of nitrogens with one attached hydrogen (secondary N) is 2. The van der Waals surface area contributed by atoms with Crippen LogP contribution in [-0.2, 0) is 6.54 Å². The smallest absolute Gasteiger partial charge is 0.291 e. The predicted molar refractivity (Wildman–Crippen MR) is 114 cm³/mol. The standard InChI is InChI=1S/C20H15BrN4O3S/c21-14-5-3-13(4-6-14)12-25-17(9-10-22-25)23-20(27)16-7-8-18(29-16)24-19(26)15-2-1-11-28-15/h1-11H,12H2,(H,23,27)(H,24,26). The highest BCUT2D eigenvalue weighted by Crippen LogP contribution is 2.24. The third-order valence-electron chi connectivity index (χ3n) is 4.02. The van der Waals surface area contributed by atoms with Crippen LogP contribution in [-0.4, -0.2) is 21.6 Å². The molecule has 146 valence electrons. The molecule has 3 aromatic heterocycles. The molecule has 4 aromatic rings. The van der Waals surface area contributed by atoms with Gasteiger partial charge in [0.1, 0.15) is 5.82 Å². The van der Waals surface area contributed by atoms with E-state index in [9.17, 15) is 9.59 Å². The van der Waals surface area contributed by atoms with Gasteiger partial charge in [0.2, 0.25) is 0 Å². The minimum Gasteiger partial charge on any atom is -0.459 e. The molecular weight excluding hydrogens is 456 g/mol. The number of thiophene rings is 1. The number of anilines is 2. The van der Waals surface area contributed by atoms with Gasteiger partial charge in [-0.25, -0.2) is 4.68 Å². The van der Waals surface area contributed by atoms with E-state index in [1.165, 1.54) is 17.6 Å². The molecule has 7 nitrogen and oxygen atoms in total. The lowest BCUT2D eigenvalue weighted by Crippen LogP contribution is -2.15. The molecule has 0 aliphatic carbocycles. The summed E-state index contributed by atoms with van der Waals surface area (Å²) in [5.74, 6) is 0.163. The van der Waals surface area contributed by atoms with Crippen LogP contribution in [0.25, 0.3) is 0 Å². The monoisotopic (exact) mass is 470 g/mol. The average molecular weight is 471 g/mol. The number of amides is 2. The number of hydrogen-bond donors (Lipinski definition) is 2. The Hall–Kier alpha value is -3.17. The van der Waals surface area contributed by atoms with Crippen molar-refractivity contribution in [3.05, 3.63) is 87.7 Å². The summed E-state index contributed by atoms with van der Waals surface area (Å²) >= 11 is 4.59. The summed E-state index contributed by atoms with van der Waals surface area (Å²) in [6.07, 6.45) is 3.07. The first-order chi connectivity index (χ1) is 14.1. The van der Waals surface area contributed by atoms with Crippen LogP contribution >= 0.6 is 27.3 Å². The van der Waals surface area contributed by atoms with E-state index >= 15 is 0 Å². The second-order valence-electron chi connectivity index (χ2n) is 6.05. The number of rotatable bonds is 6. The maximum atomic E-state index is 12.6. The van der Waals surface area contributed by atoms with Crippen LogP contribution in [0.1, 0.15) is 25.8 Å². The van der Waals surface area contributed by atoms with Crippen molar-refractivity contribution in [1.82, 2.24) is 9.78 Å². The van der Waals surface area contributed by atoms with Crippen molar-refractivity contribution < 1.29 is 14.0 Å². The Bertz CT molecular complexity index is 1130. The Morgan fingerprint density at radius 2 is 1.86 bits per heavy atom. The lowest BCUT2D eigenvalue weighted by Gasteiger charge is -2.08. The summed E-state index contributed by atoms with van der Waals surface area (Å²) in [6.45, 7) is 0.533. The number of hydrogen-bond acceptors (Lipinski definition) is 5. The zero-order valence-corrected chi connectivity index (χ0v) is 17.4. The first-order valence-corrected chi connectivity index (χ1v) is 10.2. The molecule has 0 atom stereocenters. The summed E-state index contributed by atoms with van der Waals surface area (Å²) in [4.78, 5) is 25.1. The molecule has 1 aromatic carbocycles. The second-order valence-corrected chi connectivity index (χ2v) is 8.05. The average Bonchev–Trinajstić information content (AvgIpc) is 3.46. The highest BCUT2D eigenvalue weighted by molar-refractivity contribution is 9.10. The van der Waals surface area contributed by atoms with Crippen molar-refractivity contribution >= 4 is 49.9 Å². The maximum Gasteiger partial charge on any atom is 0.291 e. The van der Waals surface area contributed by atoms with Gasteiger partial charge in [0.25, 0.3) is 11.8 Å². The molecule has 0 unspecified atom stereocenters. The fraction of sp³-hybridized carbons (Fsp3) is 0.0500. The molecule has 0 saturated heterocycles. The van der Waals surface area contributed by atoms with E-state index in [-0.39, 0.29) is 17.6 Å². The number of nitrogens with zero attached hydrogens (tertiary/aromatic N) is 2. The largest absolute Gasteiger partial charge is 0.459 e. The fourth-order valence-corrected chi connectivity index (χ4v) is 3.67. The van der Waals surface area contributed by atoms with Crippen molar-refractivity contribution in [2.75, 3.05) is 10.6 Å². The number of benzene rings is 1. The normalized spacial score (nSPS) is 10.7. The van der Waals surface area contributed by atoms with Crippen molar-refractivity contribution in [1.29, 1.82) is 0 Å². The molecule has 2 amide bonds. The van der Waals surface area contributed by atoms with E-state index in [0.717, 1.165) is 10.0 Å². The van der Waals surface area contributed by atoms with Crippen molar-refractivity contribution in [3.8, 4) is 0 Å². The topological polar surface area (TPSA) is 89.2 Å². The molecule has 0 radical (unpaired) electrons. The molecule has 0 saturated carbocycles. The Morgan fingerprint density at radius 1 is 1.03 bits per heavy atom. The summed E-state index contributed by atoms with van der Waals surface area (Å²) in [5, 5.41) is 10.4. The van der Waals surface area contributed by atoms with E-state index in [2.05, 4.69) is 31.7 Å². The summed E-state index contributed by atoms with van der Waals surface area (Å²) in [7, 11) is 0. The second kappa shape index (κ2) is 8.46. The van der Waals surface area contributed by atoms with Gasteiger partial charge in [-0.1, -0.05) is 28.1 Å². The highest BCUT2D eigenvalue weighted by atomic mass is 79.9. The van der Waals surface area contributed by atoms with Gasteiger partial charge in [0.05, 0.1) is 28.9 Å². The van der Waals surface area contributed by atoms with Crippen molar-refractivity contribution in [2.45, 2.75) is 6.54 Å². The van der Waals surface area contributed by atoms with Gasteiger partial charge >= 0.3 is 0 Å². The van der Waals surface area contributed by atoms with Crippen LogP contribution < -0.4 is 10.6 Å². The molecule has 0 aliphatic rings. The molecule has 3 heterocycles. The van der Waals surface area contributed by atoms with Gasteiger partial charge in [-0.05, 0) is 42.0 Å². The van der Waals surface area contributed by atoms with Gasteiger partial charge in [0.15, 0.2) is 5.76 Å². The van der Waals surface area contributed by atoms with Gasteiger partial charge in [0, 0.05) is 10.5 Å². The maximum absolute atomic E-state index is 12.6. The molecule has 0 bridgehead atoms. The Labute approximate surface area is 178 Å². The van der Waals surface area contributed by atoms with Gasteiger partial charge in [-0.15, -0.1) is 11.3 Å². The molecule has 2 N–H and O–H groups in total. The molecule has 29 heavy (non-hydrogen) atoms. The minimum absolute atomic E-state index is 0.209. The Morgan fingerprint density at radius 3 is 2.62 bits per heavy atom. The zero-order chi connectivity index (χ0) is 20.2. The number of furan rings is 1. The van der Waals surface area contributed by atoms with E-state index in [1.807, 2.05) is 24.3 Å². The zero-order valence-electron chi connectivity index (χ0n) is 15.0. The summed E-state index contributed by atoms with van der Waals surface area (Å²) < 4.78 is 7.78. The van der Waals surface area contributed by atoms with E-state index < -0.39 is 0 Å². The fourth-order valence-electron chi connectivity index (χ4n) is 2.61. The van der Waals surface area contributed by atoms with Crippen molar-refractivity contribution in [3.63, 3.8) is 0 Å². The van der Waals surface area contributed by atoms with E-state index in [1.54, 1.807) is 41.2 Å². The van der Waals surface area contributed by atoms with Crippen LogP contribution in [0.5, 0.6) is 0 Å². The molecule has 0 spiro atoms. The summed E-state index contributed by atoms with van der Waals surface area (Å²) in [5.41, 5.74) is 1.06. The van der Waals surface area contributed by atoms with E-state index in [4.69, 9.17) is 4.42 Å². The van der Waals surface area contributed by atoms with Crippen molar-refractivity contribution in [2.24, 2.45) is 0 Å². The van der Waals surface area contributed by atoms with Crippen LogP contribution in [0, 0.1) is 0 Å². The lowest BCUT2D eigenvalue weighted by molar-refractivity contribution is 0.0995. The first-order valence-electron chi connectivity index (χ1n) is 8.61. The molecule has 4 rings (SSSR count). The van der Waals surface area contributed by atoms with E-state index in [0.29, 0.717) is 22.2 Å². The minimum atomic E-state index is -0.364. The number of carbonyl (C=O) groups is 2. The molecule has 0 fully saturated rings. The SMILES string of the molecule is O=C(Nc1ccc(C(=O)Nc2ccnn2Cc2ccc(Br)cc2)s1)c1ccco1. The number of carbonyl (C=O) groups excluding carboxylic acids is 2. The lowest BCUT2D eigenvalue weighted by atomic mass is 10.2.